The Bertz CT molecular complexity index is 470. The first kappa shape index (κ1) is 10.5. The molecule has 0 saturated heterocycles. The Labute approximate surface area is 108 Å². The number of aryl methyl sites for hydroxylation is 1. The summed E-state index contributed by atoms with van der Waals surface area (Å²) in [6.45, 7) is 2.07. The van der Waals surface area contributed by atoms with Gasteiger partial charge in [-0.1, -0.05) is 29.5 Å². The molecule has 5 heteroatoms. The second-order valence-electron chi connectivity index (χ2n) is 2.80. The maximum absolute atomic E-state index is 4.12. The fraction of sp³-hybridized carbons (Fsp3) is 0.111. The molecule has 0 aliphatic heterocycles. The van der Waals surface area contributed by atoms with Gasteiger partial charge in [-0.2, -0.15) is 0 Å². The predicted octanol–water partition coefficient (Wildman–Crippen LogP) is 3.88. The molecule has 0 N–H and O–H groups in total. The fourth-order valence-electron chi connectivity index (χ4n) is 1.13. The first-order valence-electron chi connectivity index (χ1n) is 3.93. The summed E-state index contributed by atoms with van der Waals surface area (Å²) in [7, 11) is 0. The van der Waals surface area contributed by atoms with Gasteiger partial charge in [-0.05, 0) is 51.0 Å². The van der Waals surface area contributed by atoms with Crippen molar-refractivity contribution in [1.82, 2.24) is 10.2 Å². The van der Waals surface area contributed by atoms with Gasteiger partial charge in [0.25, 0.3) is 0 Å². The lowest BCUT2D eigenvalue weighted by Gasteiger charge is -2.02. The molecular weight excluding hydrogens is 375 g/mol. The number of benzene rings is 1. The normalized spacial score (nSPS) is 10.5. The molecule has 14 heavy (non-hydrogen) atoms. The van der Waals surface area contributed by atoms with E-state index in [4.69, 9.17) is 0 Å². The van der Waals surface area contributed by atoms with E-state index < -0.39 is 0 Å². The molecule has 72 valence electrons. The third-order valence-electron chi connectivity index (χ3n) is 1.82. The Balaban J connectivity index is 2.57. The molecule has 1 aromatic carbocycles. The molecule has 2 rings (SSSR count). The van der Waals surface area contributed by atoms with E-state index in [0.717, 1.165) is 18.1 Å². The molecule has 0 fully saturated rings. The smallest absolute Gasteiger partial charge is 0.137 e. The minimum Gasteiger partial charge on any atom is -0.137 e. The summed E-state index contributed by atoms with van der Waals surface area (Å²) in [6.07, 6.45) is 0. The lowest BCUT2D eigenvalue weighted by molar-refractivity contribution is 1.07. The highest BCUT2D eigenvalue weighted by Crippen LogP contribution is 2.32. The summed E-state index contributed by atoms with van der Waals surface area (Å²) >= 11 is 7.34. The second kappa shape index (κ2) is 4.24. The monoisotopic (exact) mass is 380 g/mol. The number of nitrogens with zero attached hydrogens (tertiary/aromatic N) is 2. The minimum atomic E-state index is 0.963. The Morgan fingerprint density at radius 2 is 2.14 bits per heavy atom. The largest absolute Gasteiger partial charge is 0.178 e. The van der Waals surface area contributed by atoms with Gasteiger partial charge in [0.1, 0.15) is 5.01 Å². The lowest BCUT2D eigenvalue weighted by Crippen LogP contribution is -1.82. The first-order valence-corrected chi connectivity index (χ1v) is 6.62. The molecule has 0 unspecified atom stereocenters. The molecule has 0 aliphatic carbocycles. The van der Waals surface area contributed by atoms with E-state index in [-0.39, 0.29) is 0 Å². The molecule has 1 heterocycles. The van der Waals surface area contributed by atoms with Gasteiger partial charge in [0.2, 0.25) is 0 Å². The zero-order chi connectivity index (χ0) is 10.1. The number of aromatic nitrogens is 2. The maximum atomic E-state index is 4.12. The van der Waals surface area contributed by atoms with Crippen LogP contribution in [0.25, 0.3) is 10.6 Å². The summed E-state index contributed by atoms with van der Waals surface area (Å²) in [5, 5.41) is 9.08. The number of hydrogen-bond acceptors (Lipinski definition) is 3. The Kier molecular flexibility index (Phi) is 3.18. The van der Waals surface area contributed by atoms with E-state index >= 15 is 0 Å². The van der Waals surface area contributed by atoms with Crippen molar-refractivity contribution in [2.75, 3.05) is 0 Å². The van der Waals surface area contributed by atoms with Crippen molar-refractivity contribution in [2.24, 2.45) is 0 Å². The van der Waals surface area contributed by atoms with Crippen LogP contribution in [0.5, 0.6) is 0 Å². The highest BCUT2D eigenvalue weighted by Gasteiger charge is 2.09. The molecule has 0 radical (unpaired) electrons. The molecule has 0 amide bonds. The molecule has 2 aromatic rings. The quantitative estimate of drug-likeness (QED) is 0.701. The van der Waals surface area contributed by atoms with Crippen molar-refractivity contribution in [3.05, 3.63) is 31.2 Å². The van der Waals surface area contributed by atoms with E-state index in [2.05, 4.69) is 61.7 Å². The van der Waals surface area contributed by atoms with Crippen LogP contribution in [0.4, 0.5) is 0 Å². The van der Waals surface area contributed by atoms with E-state index in [1.165, 1.54) is 5.56 Å². The third-order valence-corrected chi connectivity index (χ3v) is 4.50. The Morgan fingerprint density at radius 3 is 2.79 bits per heavy atom. The van der Waals surface area contributed by atoms with E-state index in [1.807, 2.05) is 12.1 Å². The minimum absolute atomic E-state index is 0.963. The van der Waals surface area contributed by atoms with Gasteiger partial charge in [-0.3, -0.25) is 0 Å². The second-order valence-corrected chi connectivity index (χ2v) is 6.32. The summed E-state index contributed by atoms with van der Waals surface area (Å²) in [5.41, 5.74) is 2.33. The Morgan fingerprint density at radius 1 is 1.36 bits per heavy atom. The average Bonchev–Trinajstić information content (AvgIpc) is 2.57. The molecule has 2 nitrogen and oxygen atoms in total. The van der Waals surface area contributed by atoms with Crippen LogP contribution in [-0.2, 0) is 0 Å². The number of halogens is 2. The standard InChI is InChI=1S/C9H6BrIN2S/c1-5-3-2-4-6(7(5)10)8-12-13-9(11)14-8/h2-4H,1H3. The molecular formula is C9H6BrIN2S. The van der Waals surface area contributed by atoms with Crippen LogP contribution in [0.3, 0.4) is 0 Å². The highest BCUT2D eigenvalue weighted by molar-refractivity contribution is 14.1. The van der Waals surface area contributed by atoms with Crippen LogP contribution < -0.4 is 0 Å². The van der Waals surface area contributed by atoms with Gasteiger partial charge in [0, 0.05) is 10.0 Å². The molecule has 1 aromatic heterocycles. The Hall–Kier alpha value is -0.0100. The van der Waals surface area contributed by atoms with Gasteiger partial charge < -0.3 is 0 Å². The number of rotatable bonds is 1. The molecule has 0 saturated carbocycles. The van der Waals surface area contributed by atoms with Crippen LogP contribution in [-0.4, -0.2) is 10.2 Å². The van der Waals surface area contributed by atoms with Crippen LogP contribution in [0, 0.1) is 9.94 Å². The topological polar surface area (TPSA) is 25.8 Å². The third kappa shape index (κ3) is 1.99. The van der Waals surface area contributed by atoms with Crippen molar-refractivity contribution in [1.29, 1.82) is 0 Å². The molecule has 0 bridgehead atoms. The van der Waals surface area contributed by atoms with E-state index in [9.17, 15) is 0 Å². The predicted molar refractivity (Wildman–Crippen MR) is 70.5 cm³/mol. The van der Waals surface area contributed by atoms with Crippen molar-refractivity contribution in [3.63, 3.8) is 0 Å². The zero-order valence-corrected chi connectivity index (χ0v) is 11.9. The number of hydrogen-bond donors (Lipinski definition) is 0. The van der Waals surface area contributed by atoms with Crippen molar-refractivity contribution >= 4 is 49.9 Å². The average molecular weight is 381 g/mol. The maximum Gasteiger partial charge on any atom is 0.178 e. The zero-order valence-electron chi connectivity index (χ0n) is 7.29. The summed E-state index contributed by atoms with van der Waals surface area (Å²) < 4.78 is 2.07. The SMILES string of the molecule is Cc1cccc(-c2nnc(I)s2)c1Br. The summed E-state index contributed by atoms with van der Waals surface area (Å²) in [5.74, 6) is 0. The van der Waals surface area contributed by atoms with Crippen molar-refractivity contribution in [2.45, 2.75) is 6.92 Å². The lowest BCUT2D eigenvalue weighted by atomic mass is 10.1. The van der Waals surface area contributed by atoms with Crippen LogP contribution in [0.2, 0.25) is 0 Å². The van der Waals surface area contributed by atoms with E-state index in [0.29, 0.717) is 0 Å². The van der Waals surface area contributed by atoms with Crippen molar-refractivity contribution < 1.29 is 0 Å². The first-order chi connectivity index (χ1) is 6.68. The van der Waals surface area contributed by atoms with Crippen LogP contribution in [0.15, 0.2) is 22.7 Å². The molecule has 0 atom stereocenters. The molecule has 0 spiro atoms. The summed E-state index contributed by atoms with van der Waals surface area (Å²) in [6, 6.07) is 6.15. The van der Waals surface area contributed by atoms with Gasteiger partial charge in [0.05, 0.1) is 0 Å². The van der Waals surface area contributed by atoms with Gasteiger partial charge in [-0.15, -0.1) is 10.2 Å². The van der Waals surface area contributed by atoms with Gasteiger partial charge in [-0.25, -0.2) is 0 Å². The molecule has 0 aliphatic rings. The summed E-state index contributed by atoms with van der Waals surface area (Å²) in [4.78, 5) is 0. The van der Waals surface area contributed by atoms with E-state index in [1.54, 1.807) is 11.3 Å². The van der Waals surface area contributed by atoms with Crippen molar-refractivity contribution in [3.8, 4) is 10.6 Å². The highest BCUT2D eigenvalue weighted by atomic mass is 127. The van der Waals surface area contributed by atoms with Crippen LogP contribution in [0.1, 0.15) is 5.56 Å². The van der Waals surface area contributed by atoms with Crippen LogP contribution >= 0.6 is 49.9 Å². The van der Waals surface area contributed by atoms with Gasteiger partial charge >= 0.3 is 0 Å². The van der Waals surface area contributed by atoms with Gasteiger partial charge in [0.15, 0.2) is 3.01 Å². The fourth-order valence-corrected chi connectivity index (χ4v) is 3.05.